The van der Waals surface area contributed by atoms with Crippen LogP contribution in [0.3, 0.4) is 0 Å². The highest BCUT2D eigenvalue weighted by Crippen LogP contribution is 2.28. The van der Waals surface area contributed by atoms with E-state index in [1.165, 1.54) is 0 Å². The summed E-state index contributed by atoms with van der Waals surface area (Å²) >= 11 is 3.39. The average Bonchev–Trinajstić information content (AvgIpc) is 3.24. The summed E-state index contributed by atoms with van der Waals surface area (Å²) in [5, 5.41) is 7.59. The van der Waals surface area contributed by atoms with Crippen molar-refractivity contribution in [3.63, 3.8) is 0 Å². The van der Waals surface area contributed by atoms with E-state index in [1.54, 1.807) is 24.8 Å². The Balaban J connectivity index is 1.58. The van der Waals surface area contributed by atoms with E-state index in [2.05, 4.69) is 36.3 Å². The second-order valence-electron chi connectivity index (χ2n) is 7.56. The van der Waals surface area contributed by atoms with E-state index in [1.807, 2.05) is 50.2 Å². The van der Waals surface area contributed by atoms with Gasteiger partial charge in [0.1, 0.15) is 11.5 Å². The lowest BCUT2D eigenvalue weighted by Gasteiger charge is -2.10. The molecule has 0 fully saturated rings. The Morgan fingerprint density at radius 3 is 2.33 bits per heavy atom. The molecule has 1 amide bonds. The third kappa shape index (κ3) is 4.98. The van der Waals surface area contributed by atoms with Gasteiger partial charge < -0.3 is 14.8 Å². The van der Waals surface area contributed by atoms with Gasteiger partial charge in [-0.1, -0.05) is 15.9 Å². The monoisotopic (exact) mass is 509 g/mol. The highest BCUT2D eigenvalue weighted by molar-refractivity contribution is 9.10. The summed E-state index contributed by atoms with van der Waals surface area (Å²) in [6.07, 6.45) is 0.880. The highest BCUT2D eigenvalue weighted by atomic mass is 79.9. The molecule has 0 aliphatic carbocycles. The quantitative estimate of drug-likeness (QED) is 0.386. The van der Waals surface area contributed by atoms with E-state index in [0.29, 0.717) is 35.9 Å². The van der Waals surface area contributed by atoms with Crippen LogP contribution in [0.1, 0.15) is 23.4 Å². The fourth-order valence-corrected chi connectivity index (χ4v) is 3.89. The van der Waals surface area contributed by atoms with Gasteiger partial charge >= 0.3 is 0 Å². The maximum Gasteiger partial charge on any atom is 0.253 e. The van der Waals surface area contributed by atoms with Gasteiger partial charge in [-0.2, -0.15) is 4.98 Å². The molecule has 2 heterocycles. The largest absolute Gasteiger partial charge is 0.497 e. The number of fused-ring (bicyclic) bond motifs is 1. The van der Waals surface area contributed by atoms with E-state index in [0.717, 1.165) is 32.7 Å². The van der Waals surface area contributed by atoms with Gasteiger partial charge in [0.05, 0.1) is 14.2 Å². The lowest BCUT2D eigenvalue weighted by molar-refractivity contribution is -0.116. The summed E-state index contributed by atoms with van der Waals surface area (Å²) in [6, 6.07) is 13.0. The molecule has 0 saturated heterocycles. The van der Waals surface area contributed by atoms with Crippen molar-refractivity contribution < 1.29 is 14.3 Å². The van der Waals surface area contributed by atoms with E-state index >= 15 is 0 Å². The van der Waals surface area contributed by atoms with Crippen LogP contribution in [0.4, 0.5) is 5.69 Å². The Kier molecular flexibility index (Phi) is 6.60. The lowest BCUT2D eigenvalue weighted by atomic mass is 10.1. The Hall–Kier alpha value is -3.46. The van der Waals surface area contributed by atoms with Gasteiger partial charge in [0.15, 0.2) is 5.82 Å². The predicted molar refractivity (Wildman–Crippen MR) is 130 cm³/mol. The summed E-state index contributed by atoms with van der Waals surface area (Å²) in [7, 11) is 3.20. The first kappa shape index (κ1) is 22.7. The molecule has 0 bridgehead atoms. The van der Waals surface area contributed by atoms with Crippen molar-refractivity contribution >= 4 is 33.3 Å². The zero-order chi connectivity index (χ0) is 23.5. The number of rotatable bonds is 7. The molecule has 0 aliphatic rings. The zero-order valence-electron chi connectivity index (χ0n) is 18.8. The lowest BCUT2D eigenvalue weighted by Crippen LogP contribution is -2.14. The van der Waals surface area contributed by atoms with Gasteiger partial charge in [-0.15, -0.1) is 5.10 Å². The van der Waals surface area contributed by atoms with Crippen molar-refractivity contribution in [3.8, 4) is 22.9 Å². The Bertz CT molecular complexity index is 1300. The molecule has 1 N–H and O–H groups in total. The predicted octanol–water partition coefficient (Wildman–Crippen LogP) is 4.76. The molecule has 2 aromatic carbocycles. The number of carbonyl (C=O) groups is 1. The number of hydrogen-bond acceptors (Lipinski definition) is 6. The van der Waals surface area contributed by atoms with E-state index < -0.39 is 0 Å². The molecule has 2 aromatic heterocycles. The second kappa shape index (κ2) is 9.58. The highest BCUT2D eigenvalue weighted by Gasteiger charge is 2.16. The molecule has 0 saturated carbocycles. The van der Waals surface area contributed by atoms with E-state index in [4.69, 9.17) is 9.47 Å². The minimum atomic E-state index is -0.0565. The minimum absolute atomic E-state index is 0.0565. The number of nitrogens with one attached hydrogen (secondary N) is 1. The maximum atomic E-state index is 12.5. The molecule has 0 radical (unpaired) electrons. The topological polar surface area (TPSA) is 90.6 Å². The van der Waals surface area contributed by atoms with Gasteiger partial charge in [-0.25, -0.2) is 9.50 Å². The molecule has 9 heteroatoms. The number of anilines is 1. The van der Waals surface area contributed by atoms with Crippen molar-refractivity contribution in [1.82, 2.24) is 19.6 Å². The molecule has 33 heavy (non-hydrogen) atoms. The molecule has 0 spiro atoms. The van der Waals surface area contributed by atoms with Crippen LogP contribution in [-0.2, 0) is 11.2 Å². The van der Waals surface area contributed by atoms with Gasteiger partial charge in [-0.3, -0.25) is 4.79 Å². The van der Waals surface area contributed by atoms with Crippen molar-refractivity contribution in [2.75, 3.05) is 19.5 Å². The van der Waals surface area contributed by atoms with Crippen molar-refractivity contribution in [2.24, 2.45) is 0 Å². The fraction of sp³-hybridized carbons (Fsp3) is 0.250. The standard InChI is InChI=1S/C24H24BrN5O3/c1-14-21(9-10-22(31)27-18-7-5-17(25)6-8-18)15(2)30-24(26-14)28-23(29-30)16-11-19(32-3)13-20(12-16)33-4/h5-8,11-13H,9-10H2,1-4H3,(H,27,31). The molecule has 4 rings (SSSR count). The first-order valence-corrected chi connectivity index (χ1v) is 11.2. The molecule has 170 valence electrons. The van der Waals surface area contributed by atoms with Gasteiger partial charge in [-0.05, 0) is 62.2 Å². The Morgan fingerprint density at radius 2 is 1.70 bits per heavy atom. The molecular weight excluding hydrogens is 486 g/mol. The number of amides is 1. The molecule has 0 atom stereocenters. The van der Waals surface area contributed by atoms with Crippen molar-refractivity contribution in [3.05, 3.63) is 63.9 Å². The van der Waals surface area contributed by atoms with Gasteiger partial charge in [0.2, 0.25) is 5.91 Å². The number of methoxy groups -OCH3 is 2. The summed E-state index contributed by atoms with van der Waals surface area (Å²) in [5.41, 5.74) is 4.25. The zero-order valence-corrected chi connectivity index (χ0v) is 20.4. The number of hydrogen-bond donors (Lipinski definition) is 1. The second-order valence-corrected chi connectivity index (χ2v) is 8.48. The summed E-state index contributed by atoms with van der Waals surface area (Å²) in [4.78, 5) is 21.7. The minimum Gasteiger partial charge on any atom is -0.497 e. The van der Waals surface area contributed by atoms with Crippen molar-refractivity contribution in [1.29, 1.82) is 0 Å². The number of benzene rings is 2. The smallest absolute Gasteiger partial charge is 0.253 e. The Morgan fingerprint density at radius 1 is 1.03 bits per heavy atom. The normalized spacial score (nSPS) is 10.9. The van der Waals surface area contributed by atoms with Crippen LogP contribution < -0.4 is 14.8 Å². The number of halogens is 1. The van der Waals surface area contributed by atoms with Gasteiger partial charge in [0.25, 0.3) is 5.78 Å². The summed E-state index contributed by atoms with van der Waals surface area (Å²) < 4.78 is 13.4. The van der Waals surface area contributed by atoms with Crippen LogP contribution in [0, 0.1) is 13.8 Å². The molecule has 0 aliphatic heterocycles. The number of aromatic nitrogens is 4. The molecule has 8 nitrogen and oxygen atoms in total. The molecule has 4 aromatic rings. The molecule has 0 unspecified atom stereocenters. The van der Waals surface area contributed by atoms with Crippen LogP contribution in [0.2, 0.25) is 0 Å². The number of aryl methyl sites for hydroxylation is 2. The fourth-order valence-electron chi connectivity index (χ4n) is 3.62. The van der Waals surface area contributed by atoms with Crippen LogP contribution in [0.25, 0.3) is 17.2 Å². The summed E-state index contributed by atoms with van der Waals surface area (Å²) in [5.74, 6) is 2.28. The van der Waals surface area contributed by atoms with Crippen LogP contribution in [-0.4, -0.2) is 39.7 Å². The van der Waals surface area contributed by atoms with Crippen LogP contribution >= 0.6 is 15.9 Å². The first-order chi connectivity index (χ1) is 15.9. The van der Waals surface area contributed by atoms with E-state index in [9.17, 15) is 4.79 Å². The first-order valence-electron chi connectivity index (χ1n) is 10.4. The van der Waals surface area contributed by atoms with Gasteiger partial charge in [0, 0.05) is 39.6 Å². The third-order valence-electron chi connectivity index (χ3n) is 5.39. The summed E-state index contributed by atoms with van der Waals surface area (Å²) in [6.45, 7) is 3.89. The van der Waals surface area contributed by atoms with E-state index in [-0.39, 0.29) is 5.91 Å². The number of nitrogens with zero attached hydrogens (tertiary/aromatic N) is 4. The third-order valence-corrected chi connectivity index (χ3v) is 5.92. The average molecular weight is 510 g/mol. The number of ether oxygens (including phenoxy) is 2. The SMILES string of the molecule is COc1cc(OC)cc(-c2nc3nc(C)c(CCC(=O)Nc4ccc(Br)cc4)c(C)n3n2)c1. The number of carbonyl (C=O) groups excluding carboxylic acids is 1. The van der Waals surface area contributed by atoms with Crippen LogP contribution in [0.15, 0.2) is 46.9 Å². The van der Waals surface area contributed by atoms with Crippen molar-refractivity contribution in [2.45, 2.75) is 26.7 Å². The van der Waals surface area contributed by atoms with Crippen LogP contribution in [0.5, 0.6) is 11.5 Å². The maximum absolute atomic E-state index is 12.5. The molecular formula is C24H24BrN5O3. The Labute approximate surface area is 200 Å².